The molecule has 2 aliphatic rings. The third-order valence-electron chi connectivity index (χ3n) is 5.08. The molecule has 0 saturated carbocycles. The zero-order valence-corrected chi connectivity index (χ0v) is 16.4. The number of oxime groups is 1. The number of hydrogen-bond donors (Lipinski definition) is 0. The standard InChI is InChI=1S/C18H22N4O4S/c1-13(2)21(3)17(23)16-10-18(26-20-16)8-9-22(12-18)27(24,25)15-6-4-14(11-19)5-7-15/h4-7,13H,8-10,12H2,1-3H3/t18-/m0/s1. The quantitative estimate of drug-likeness (QED) is 0.772. The molecule has 0 radical (unpaired) electrons. The monoisotopic (exact) mass is 390 g/mol. The van der Waals surface area contributed by atoms with Crippen LogP contribution >= 0.6 is 0 Å². The highest BCUT2D eigenvalue weighted by molar-refractivity contribution is 7.89. The van der Waals surface area contributed by atoms with E-state index in [2.05, 4.69) is 5.16 Å². The average molecular weight is 390 g/mol. The molecule has 27 heavy (non-hydrogen) atoms. The molecule has 1 aromatic rings. The van der Waals surface area contributed by atoms with E-state index in [1.807, 2.05) is 19.9 Å². The van der Waals surface area contributed by atoms with Crippen LogP contribution in [0.15, 0.2) is 34.3 Å². The molecule has 9 heteroatoms. The van der Waals surface area contributed by atoms with Crippen LogP contribution < -0.4 is 0 Å². The Labute approximate surface area is 159 Å². The lowest BCUT2D eigenvalue weighted by molar-refractivity contribution is -0.124. The number of benzene rings is 1. The summed E-state index contributed by atoms with van der Waals surface area (Å²) in [6, 6.07) is 7.82. The normalized spacial score (nSPS) is 22.6. The van der Waals surface area contributed by atoms with E-state index in [0.29, 0.717) is 30.7 Å². The second-order valence-electron chi connectivity index (χ2n) is 7.22. The van der Waals surface area contributed by atoms with E-state index in [1.165, 1.54) is 28.6 Å². The van der Waals surface area contributed by atoms with Gasteiger partial charge in [0.15, 0.2) is 5.60 Å². The molecular formula is C18H22N4O4S. The van der Waals surface area contributed by atoms with Crippen molar-refractivity contribution in [1.82, 2.24) is 9.21 Å². The zero-order valence-electron chi connectivity index (χ0n) is 15.5. The van der Waals surface area contributed by atoms with Crippen LogP contribution in [-0.2, 0) is 19.7 Å². The Bertz CT molecular complexity index is 918. The first-order valence-corrected chi connectivity index (χ1v) is 10.1. The Kier molecular flexibility index (Phi) is 4.97. The minimum Gasteiger partial charge on any atom is -0.387 e. The van der Waals surface area contributed by atoms with Crippen molar-refractivity contribution in [2.24, 2.45) is 5.16 Å². The summed E-state index contributed by atoms with van der Waals surface area (Å²) in [4.78, 5) is 19.7. The minimum absolute atomic E-state index is 0.0357. The van der Waals surface area contributed by atoms with Gasteiger partial charge >= 0.3 is 0 Å². The van der Waals surface area contributed by atoms with E-state index in [-0.39, 0.29) is 23.4 Å². The molecule has 1 atom stereocenters. The lowest BCUT2D eigenvalue weighted by Crippen LogP contribution is -2.40. The Morgan fingerprint density at radius 3 is 2.63 bits per heavy atom. The van der Waals surface area contributed by atoms with Gasteiger partial charge in [-0.1, -0.05) is 5.16 Å². The van der Waals surface area contributed by atoms with Gasteiger partial charge in [0, 0.05) is 32.5 Å². The zero-order chi connectivity index (χ0) is 19.8. The van der Waals surface area contributed by atoms with Gasteiger partial charge in [-0.25, -0.2) is 8.42 Å². The van der Waals surface area contributed by atoms with Gasteiger partial charge in [-0.05, 0) is 38.1 Å². The fourth-order valence-electron chi connectivity index (χ4n) is 3.16. The van der Waals surface area contributed by atoms with Crippen molar-refractivity contribution in [1.29, 1.82) is 5.26 Å². The third-order valence-corrected chi connectivity index (χ3v) is 6.94. The van der Waals surface area contributed by atoms with E-state index in [1.54, 1.807) is 11.9 Å². The fraction of sp³-hybridized carbons (Fsp3) is 0.500. The van der Waals surface area contributed by atoms with Gasteiger partial charge in [0.05, 0.1) is 23.1 Å². The Morgan fingerprint density at radius 2 is 2.04 bits per heavy atom. The van der Waals surface area contributed by atoms with Crippen molar-refractivity contribution in [3.05, 3.63) is 29.8 Å². The molecule has 2 heterocycles. The minimum atomic E-state index is -3.70. The summed E-state index contributed by atoms with van der Waals surface area (Å²) in [5, 5.41) is 12.8. The molecule has 0 aliphatic carbocycles. The van der Waals surface area contributed by atoms with E-state index in [4.69, 9.17) is 10.1 Å². The van der Waals surface area contributed by atoms with E-state index < -0.39 is 15.6 Å². The van der Waals surface area contributed by atoms with Crippen molar-refractivity contribution in [3.63, 3.8) is 0 Å². The van der Waals surface area contributed by atoms with Crippen LogP contribution in [0, 0.1) is 11.3 Å². The first-order valence-electron chi connectivity index (χ1n) is 8.71. The molecule has 1 spiro atoms. The molecule has 1 fully saturated rings. The molecule has 2 aliphatic heterocycles. The number of carbonyl (C=O) groups excluding carboxylic acids is 1. The topological polar surface area (TPSA) is 103 Å². The van der Waals surface area contributed by atoms with Gasteiger partial charge in [-0.3, -0.25) is 4.79 Å². The molecule has 0 aromatic heterocycles. The van der Waals surface area contributed by atoms with E-state index >= 15 is 0 Å². The van der Waals surface area contributed by atoms with Crippen molar-refractivity contribution in [2.45, 2.75) is 43.2 Å². The maximum Gasteiger partial charge on any atom is 0.271 e. The summed E-state index contributed by atoms with van der Waals surface area (Å²) in [5.74, 6) is -0.199. The number of carbonyl (C=O) groups is 1. The predicted octanol–water partition coefficient (Wildman–Crippen LogP) is 1.33. The van der Waals surface area contributed by atoms with Crippen LogP contribution in [0.4, 0.5) is 0 Å². The molecule has 3 rings (SSSR count). The van der Waals surface area contributed by atoms with Crippen LogP contribution in [0.2, 0.25) is 0 Å². The van der Waals surface area contributed by atoms with Crippen LogP contribution in [0.3, 0.4) is 0 Å². The number of nitrogens with zero attached hydrogens (tertiary/aromatic N) is 4. The summed E-state index contributed by atoms with van der Waals surface area (Å²) < 4.78 is 27.1. The van der Waals surface area contributed by atoms with Crippen LogP contribution in [0.25, 0.3) is 0 Å². The van der Waals surface area contributed by atoms with Crippen molar-refractivity contribution >= 4 is 21.6 Å². The average Bonchev–Trinajstić information content (AvgIpc) is 3.28. The van der Waals surface area contributed by atoms with Crippen LogP contribution in [-0.4, -0.2) is 61.0 Å². The number of amides is 1. The maximum atomic E-state index is 12.9. The lowest BCUT2D eigenvalue weighted by atomic mass is 9.96. The summed E-state index contributed by atoms with van der Waals surface area (Å²) in [5.41, 5.74) is -0.0664. The van der Waals surface area contributed by atoms with E-state index in [0.717, 1.165) is 0 Å². The Balaban J connectivity index is 1.72. The maximum absolute atomic E-state index is 12.9. The first kappa shape index (κ1) is 19.3. The summed E-state index contributed by atoms with van der Waals surface area (Å²) in [6.07, 6.45) is 0.760. The fourth-order valence-corrected chi connectivity index (χ4v) is 4.67. The predicted molar refractivity (Wildman–Crippen MR) is 98.3 cm³/mol. The molecule has 0 unspecified atom stereocenters. The van der Waals surface area contributed by atoms with Crippen LogP contribution in [0.5, 0.6) is 0 Å². The van der Waals surface area contributed by atoms with Crippen molar-refractivity contribution in [3.8, 4) is 6.07 Å². The van der Waals surface area contributed by atoms with Gasteiger partial charge in [0.2, 0.25) is 10.0 Å². The van der Waals surface area contributed by atoms with Gasteiger partial charge in [0.25, 0.3) is 5.91 Å². The second kappa shape index (κ2) is 6.94. The second-order valence-corrected chi connectivity index (χ2v) is 9.16. The number of hydrogen-bond acceptors (Lipinski definition) is 6. The third kappa shape index (κ3) is 3.55. The van der Waals surface area contributed by atoms with Crippen LogP contribution in [0.1, 0.15) is 32.3 Å². The SMILES string of the molecule is CC(C)N(C)C(=O)C1=NO[C@@]2(CCN(S(=O)(=O)c3ccc(C#N)cc3)C2)C1. The summed E-state index contributed by atoms with van der Waals surface area (Å²) >= 11 is 0. The highest BCUT2D eigenvalue weighted by Gasteiger charge is 2.50. The van der Waals surface area contributed by atoms with Crippen molar-refractivity contribution in [2.75, 3.05) is 20.1 Å². The molecule has 0 N–H and O–H groups in total. The first-order chi connectivity index (χ1) is 12.7. The van der Waals surface area contributed by atoms with Gasteiger partial charge in [-0.2, -0.15) is 9.57 Å². The largest absolute Gasteiger partial charge is 0.387 e. The lowest BCUT2D eigenvalue weighted by Gasteiger charge is -2.23. The number of rotatable bonds is 4. The van der Waals surface area contributed by atoms with Gasteiger partial charge in [-0.15, -0.1) is 0 Å². The molecule has 1 amide bonds. The summed E-state index contributed by atoms with van der Waals surface area (Å²) in [7, 11) is -1.99. The van der Waals surface area contributed by atoms with E-state index in [9.17, 15) is 13.2 Å². The molecule has 1 saturated heterocycles. The molecule has 8 nitrogen and oxygen atoms in total. The molecule has 1 aromatic carbocycles. The molecule has 0 bridgehead atoms. The highest BCUT2D eigenvalue weighted by atomic mass is 32.2. The number of sulfonamides is 1. The number of nitriles is 1. The highest BCUT2D eigenvalue weighted by Crippen LogP contribution is 2.36. The molecular weight excluding hydrogens is 368 g/mol. The van der Waals surface area contributed by atoms with Gasteiger partial charge < -0.3 is 9.74 Å². The molecule has 144 valence electrons. The smallest absolute Gasteiger partial charge is 0.271 e. The Hall–Kier alpha value is -2.44. The van der Waals surface area contributed by atoms with Gasteiger partial charge in [0.1, 0.15) is 5.71 Å². The van der Waals surface area contributed by atoms with Crippen molar-refractivity contribution < 1.29 is 18.0 Å². The Morgan fingerprint density at radius 1 is 1.37 bits per heavy atom. The summed E-state index contributed by atoms with van der Waals surface area (Å²) in [6.45, 7) is 4.25.